The maximum absolute atomic E-state index is 12.5. The fourth-order valence-electron chi connectivity index (χ4n) is 2.78. The third-order valence-electron chi connectivity index (χ3n) is 4.46. The average Bonchev–Trinajstić information content (AvgIpc) is 3.50. The van der Waals surface area contributed by atoms with Crippen LogP contribution in [0.25, 0.3) is 0 Å². The van der Waals surface area contributed by atoms with Crippen molar-refractivity contribution in [3.63, 3.8) is 0 Å². The molecule has 1 aliphatic carbocycles. The Labute approximate surface area is 166 Å². The van der Waals surface area contributed by atoms with Crippen molar-refractivity contribution in [1.82, 2.24) is 20.3 Å². The molecule has 0 saturated heterocycles. The number of alkyl halides is 2. The lowest BCUT2D eigenvalue weighted by molar-refractivity contribution is -0.119. The third kappa shape index (κ3) is 6.00. The van der Waals surface area contributed by atoms with Gasteiger partial charge in [0.1, 0.15) is 17.3 Å². The lowest BCUT2D eigenvalue weighted by atomic mass is 10.2. The molecule has 1 fully saturated rings. The molecule has 7 nitrogen and oxygen atoms in total. The van der Waals surface area contributed by atoms with Gasteiger partial charge in [-0.3, -0.25) is 9.59 Å². The molecule has 0 spiro atoms. The second kappa shape index (κ2) is 9.02. The number of Topliss-reactive ketones (excluding diaryl/α,β-unsaturated/α-hetero) is 1. The van der Waals surface area contributed by atoms with Crippen LogP contribution in [0.3, 0.4) is 0 Å². The molecule has 0 aromatic carbocycles. The maximum atomic E-state index is 12.5. The Balaban J connectivity index is 1.61. The molecule has 2 aromatic heterocycles. The minimum Gasteiger partial charge on any atom is -0.472 e. The maximum Gasteiger partial charge on any atom is 0.272 e. The summed E-state index contributed by atoms with van der Waals surface area (Å²) in [6, 6.07) is 4.70. The van der Waals surface area contributed by atoms with E-state index in [-0.39, 0.29) is 36.2 Å². The number of pyridine rings is 1. The van der Waals surface area contributed by atoms with Crippen molar-refractivity contribution < 1.29 is 23.1 Å². The zero-order valence-electron chi connectivity index (χ0n) is 16.2. The van der Waals surface area contributed by atoms with E-state index in [0.717, 1.165) is 18.4 Å². The first-order valence-corrected chi connectivity index (χ1v) is 9.34. The smallest absolute Gasteiger partial charge is 0.272 e. The average molecular weight is 404 g/mol. The summed E-state index contributed by atoms with van der Waals surface area (Å²) in [7, 11) is 0. The van der Waals surface area contributed by atoms with Gasteiger partial charge in [0.05, 0.1) is 6.42 Å². The summed E-state index contributed by atoms with van der Waals surface area (Å²) < 4.78 is 29.3. The number of nitrogens with one attached hydrogen (secondary N) is 1. The van der Waals surface area contributed by atoms with Crippen molar-refractivity contribution in [2.45, 2.75) is 46.1 Å². The molecule has 0 unspecified atom stereocenters. The Kier molecular flexibility index (Phi) is 6.46. The van der Waals surface area contributed by atoms with E-state index in [1.807, 2.05) is 0 Å². The Morgan fingerprint density at radius 2 is 1.97 bits per heavy atom. The highest BCUT2D eigenvalue weighted by Gasteiger charge is 2.30. The second-order valence-corrected chi connectivity index (χ2v) is 7.01. The van der Waals surface area contributed by atoms with Crippen LogP contribution in [-0.2, 0) is 17.8 Å². The molecular formula is C20H22F2N4O3. The Bertz CT molecular complexity index is 917. The second-order valence-electron chi connectivity index (χ2n) is 7.01. The predicted molar refractivity (Wildman–Crippen MR) is 99.8 cm³/mol. The summed E-state index contributed by atoms with van der Waals surface area (Å²) >= 11 is 0. The molecule has 1 aliphatic rings. The first kappa shape index (κ1) is 20.8. The number of ketones is 1. The van der Waals surface area contributed by atoms with Gasteiger partial charge in [-0.05, 0) is 38.3 Å². The number of halogens is 2. The molecule has 0 aliphatic heterocycles. The number of carbonyl (C=O) groups is 2. The quantitative estimate of drug-likeness (QED) is 0.690. The highest BCUT2D eigenvalue weighted by Crippen LogP contribution is 2.30. The van der Waals surface area contributed by atoms with Crippen LogP contribution < -0.4 is 10.1 Å². The van der Waals surface area contributed by atoms with Gasteiger partial charge in [-0.2, -0.15) is 0 Å². The topological polar surface area (TPSA) is 94.1 Å². The Hall–Kier alpha value is -2.97. The molecule has 0 radical (unpaired) electrons. The summed E-state index contributed by atoms with van der Waals surface area (Å²) in [6.07, 6.45) is -0.610. The number of nitrogens with zero attached hydrogens (tertiary/aromatic N) is 3. The van der Waals surface area contributed by atoms with Crippen LogP contribution in [0.4, 0.5) is 8.78 Å². The van der Waals surface area contributed by atoms with Gasteiger partial charge < -0.3 is 10.1 Å². The van der Waals surface area contributed by atoms with E-state index in [9.17, 15) is 18.4 Å². The zero-order chi connectivity index (χ0) is 21.0. The van der Waals surface area contributed by atoms with Crippen molar-refractivity contribution in [3.05, 3.63) is 46.7 Å². The molecule has 1 amide bonds. The van der Waals surface area contributed by atoms with Crippen molar-refractivity contribution in [3.8, 4) is 5.88 Å². The number of hydrogen-bond acceptors (Lipinski definition) is 6. The van der Waals surface area contributed by atoms with Gasteiger partial charge in [-0.1, -0.05) is 6.07 Å². The van der Waals surface area contributed by atoms with Crippen LogP contribution in [-0.4, -0.2) is 39.7 Å². The fourth-order valence-corrected chi connectivity index (χ4v) is 2.78. The van der Waals surface area contributed by atoms with Gasteiger partial charge in [0.2, 0.25) is 5.88 Å². The largest absolute Gasteiger partial charge is 0.472 e. The predicted octanol–water partition coefficient (Wildman–Crippen LogP) is 2.58. The van der Waals surface area contributed by atoms with Crippen LogP contribution in [0.5, 0.6) is 5.88 Å². The fraction of sp³-hybridized carbons (Fsp3) is 0.450. The standard InChI is InChI=1S/C20H22F2N4O3/c1-11-7-15(26-18(24-11)8-16(27)13-3-4-13)20(28)23-9-14-5-6-19(25-12(14)2)29-10-17(21)22/h5-7,13,17H,3-4,8-10H2,1-2H3,(H,23,28). The normalized spacial score (nSPS) is 13.4. The van der Waals surface area contributed by atoms with Gasteiger partial charge in [-0.25, -0.2) is 23.7 Å². The highest BCUT2D eigenvalue weighted by atomic mass is 19.3. The highest BCUT2D eigenvalue weighted by molar-refractivity contribution is 5.92. The number of amides is 1. The van der Waals surface area contributed by atoms with Crippen molar-refractivity contribution >= 4 is 11.7 Å². The molecule has 29 heavy (non-hydrogen) atoms. The van der Waals surface area contributed by atoms with Gasteiger partial charge in [-0.15, -0.1) is 0 Å². The third-order valence-corrected chi connectivity index (χ3v) is 4.46. The molecule has 2 heterocycles. The van der Waals surface area contributed by atoms with Crippen LogP contribution in [0, 0.1) is 19.8 Å². The summed E-state index contributed by atoms with van der Waals surface area (Å²) in [5, 5.41) is 2.75. The number of carbonyl (C=O) groups excluding carboxylic acids is 2. The van der Waals surface area contributed by atoms with Crippen molar-refractivity contribution in [1.29, 1.82) is 0 Å². The lowest BCUT2D eigenvalue weighted by Crippen LogP contribution is -2.25. The lowest BCUT2D eigenvalue weighted by Gasteiger charge is -2.10. The van der Waals surface area contributed by atoms with Crippen LogP contribution >= 0.6 is 0 Å². The molecule has 2 aromatic rings. The first-order valence-electron chi connectivity index (χ1n) is 9.34. The summed E-state index contributed by atoms with van der Waals surface area (Å²) in [4.78, 5) is 37.1. The van der Waals surface area contributed by atoms with Crippen molar-refractivity contribution in [2.75, 3.05) is 6.61 Å². The van der Waals surface area contributed by atoms with E-state index >= 15 is 0 Å². The first-order chi connectivity index (χ1) is 13.8. The minimum absolute atomic E-state index is 0.106. The van der Waals surface area contributed by atoms with Crippen LogP contribution in [0.2, 0.25) is 0 Å². The molecule has 3 rings (SSSR count). The monoisotopic (exact) mass is 404 g/mol. The van der Waals surface area contributed by atoms with Gasteiger partial charge in [0.25, 0.3) is 12.3 Å². The summed E-state index contributed by atoms with van der Waals surface area (Å²) in [6.45, 7) is 2.91. The number of aromatic nitrogens is 3. The molecule has 0 bridgehead atoms. The summed E-state index contributed by atoms with van der Waals surface area (Å²) in [5.41, 5.74) is 2.09. The van der Waals surface area contributed by atoms with E-state index in [4.69, 9.17) is 4.74 Å². The van der Waals surface area contributed by atoms with Crippen molar-refractivity contribution in [2.24, 2.45) is 5.92 Å². The SMILES string of the molecule is Cc1cc(C(=O)NCc2ccc(OCC(F)F)nc2C)nc(CC(=O)C2CC2)n1. The molecular weight excluding hydrogens is 382 g/mol. The van der Waals surface area contributed by atoms with Gasteiger partial charge in [0.15, 0.2) is 6.61 Å². The van der Waals surface area contributed by atoms with Crippen LogP contribution in [0.15, 0.2) is 18.2 Å². The number of aryl methyl sites for hydroxylation is 2. The van der Waals surface area contributed by atoms with Gasteiger partial charge >= 0.3 is 0 Å². The molecule has 1 saturated carbocycles. The number of hydrogen-bond donors (Lipinski definition) is 1. The zero-order valence-corrected chi connectivity index (χ0v) is 16.2. The van der Waals surface area contributed by atoms with E-state index in [0.29, 0.717) is 17.2 Å². The molecule has 0 atom stereocenters. The molecule has 1 N–H and O–H groups in total. The molecule has 154 valence electrons. The summed E-state index contributed by atoms with van der Waals surface area (Å²) in [5.74, 6) is 0.282. The molecule has 9 heteroatoms. The number of ether oxygens (including phenoxy) is 1. The number of rotatable bonds is 9. The van der Waals surface area contributed by atoms with E-state index in [1.165, 1.54) is 6.07 Å². The van der Waals surface area contributed by atoms with E-state index in [1.54, 1.807) is 26.0 Å². The Morgan fingerprint density at radius 3 is 2.62 bits per heavy atom. The minimum atomic E-state index is -2.57. The Morgan fingerprint density at radius 1 is 1.21 bits per heavy atom. The van der Waals surface area contributed by atoms with Gasteiger partial charge in [0, 0.05) is 29.9 Å². The van der Waals surface area contributed by atoms with E-state index < -0.39 is 18.9 Å². The van der Waals surface area contributed by atoms with Crippen LogP contribution in [0.1, 0.15) is 46.1 Å². The van der Waals surface area contributed by atoms with E-state index in [2.05, 4.69) is 20.3 Å².